The summed E-state index contributed by atoms with van der Waals surface area (Å²) in [5.74, 6) is 2.08. The number of hydrogen-bond donors (Lipinski definition) is 3. The number of aromatic nitrogens is 3. The van der Waals surface area contributed by atoms with E-state index in [-0.39, 0.29) is 24.0 Å². The van der Waals surface area contributed by atoms with Crippen molar-refractivity contribution in [3.8, 4) is 10.8 Å². The van der Waals surface area contributed by atoms with Crippen molar-refractivity contribution in [3.63, 3.8) is 0 Å². The summed E-state index contributed by atoms with van der Waals surface area (Å²) in [5, 5.41) is 22.1. The number of aliphatic imine (C=N–C) groups is 1. The molecule has 8 nitrogen and oxygen atoms in total. The Kier molecular flexibility index (Phi) is 7.91. The Morgan fingerprint density at radius 1 is 1.25 bits per heavy atom. The first kappa shape index (κ1) is 24.2. The maximum absolute atomic E-state index is 10.8. The van der Waals surface area contributed by atoms with Gasteiger partial charge in [-0.25, -0.2) is 9.98 Å². The largest absolute Gasteiger partial charge is 0.457 e. The standard InChI is InChI=1S/C22H26N6O2S.HI/c1-4-23-21(25-14-22(2,29)15-11-26-28(3)13-15)24-12-16-9-10-18(30-16)20-27-17-7-5-6-8-19(17)31-20;/h5-11,13,29H,4,12,14H2,1-3H3,(H2,23,24,25);1H. The quantitative estimate of drug-likeness (QED) is 0.179. The highest BCUT2D eigenvalue weighted by molar-refractivity contribution is 14.0. The van der Waals surface area contributed by atoms with E-state index in [4.69, 9.17) is 4.42 Å². The second-order valence-electron chi connectivity index (χ2n) is 7.48. The first-order chi connectivity index (χ1) is 14.9. The van der Waals surface area contributed by atoms with Crippen molar-refractivity contribution in [2.24, 2.45) is 12.0 Å². The number of aryl methyl sites for hydroxylation is 1. The van der Waals surface area contributed by atoms with Crippen LogP contribution in [0.3, 0.4) is 0 Å². The van der Waals surface area contributed by atoms with E-state index in [1.807, 2.05) is 44.3 Å². The van der Waals surface area contributed by atoms with Gasteiger partial charge >= 0.3 is 0 Å². The number of thiazole rings is 1. The molecule has 4 aromatic rings. The average molecular weight is 566 g/mol. The van der Waals surface area contributed by atoms with E-state index in [0.29, 0.717) is 25.6 Å². The lowest BCUT2D eigenvalue weighted by Gasteiger charge is -2.23. The van der Waals surface area contributed by atoms with Gasteiger partial charge in [0.1, 0.15) is 17.9 Å². The maximum Gasteiger partial charge on any atom is 0.191 e. The minimum Gasteiger partial charge on any atom is -0.457 e. The molecule has 0 aliphatic heterocycles. The maximum atomic E-state index is 10.8. The van der Waals surface area contributed by atoms with Crippen molar-refractivity contribution < 1.29 is 9.52 Å². The molecule has 0 spiro atoms. The SMILES string of the molecule is CCNC(=NCc1ccc(-c2nc3ccccc3s2)o1)NCC(C)(O)c1cnn(C)c1.I. The molecule has 0 aliphatic carbocycles. The zero-order chi connectivity index (χ0) is 21.8. The van der Waals surface area contributed by atoms with E-state index in [2.05, 4.69) is 31.8 Å². The van der Waals surface area contributed by atoms with Crippen LogP contribution in [0, 0.1) is 0 Å². The van der Waals surface area contributed by atoms with Crippen LogP contribution < -0.4 is 10.6 Å². The van der Waals surface area contributed by atoms with Crippen molar-refractivity contribution >= 4 is 51.5 Å². The van der Waals surface area contributed by atoms with Crippen LogP contribution in [0.1, 0.15) is 25.2 Å². The highest BCUT2D eigenvalue weighted by atomic mass is 127. The number of fused-ring (bicyclic) bond motifs is 1. The molecule has 0 aliphatic rings. The topological polar surface area (TPSA) is 100 Å². The molecular formula is C22H27IN6O2S. The van der Waals surface area contributed by atoms with Crippen molar-refractivity contribution in [1.82, 2.24) is 25.4 Å². The first-order valence-corrected chi connectivity index (χ1v) is 10.9. The van der Waals surface area contributed by atoms with Gasteiger partial charge in [0.05, 0.1) is 23.0 Å². The third kappa shape index (κ3) is 5.67. The number of rotatable bonds is 7. The van der Waals surface area contributed by atoms with Crippen LogP contribution in [0.25, 0.3) is 21.0 Å². The number of benzene rings is 1. The van der Waals surface area contributed by atoms with Crippen LogP contribution >= 0.6 is 35.3 Å². The minimum absolute atomic E-state index is 0. The fourth-order valence-electron chi connectivity index (χ4n) is 3.11. The van der Waals surface area contributed by atoms with Crippen molar-refractivity contribution in [3.05, 3.63) is 60.1 Å². The number of para-hydroxylation sites is 1. The number of halogens is 1. The lowest BCUT2D eigenvalue weighted by atomic mass is 10.00. The molecule has 170 valence electrons. The number of nitrogens with one attached hydrogen (secondary N) is 2. The fraction of sp³-hybridized carbons (Fsp3) is 0.318. The van der Waals surface area contributed by atoms with E-state index >= 15 is 0 Å². The summed E-state index contributed by atoms with van der Waals surface area (Å²) in [6, 6.07) is 11.9. The van der Waals surface area contributed by atoms with Crippen molar-refractivity contribution in [1.29, 1.82) is 0 Å². The normalized spacial score (nSPS) is 13.6. The second-order valence-corrected chi connectivity index (χ2v) is 8.51. The van der Waals surface area contributed by atoms with Crippen LogP contribution in [-0.4, -0.2) is 38.9 Å². The predicted octanol–water partition coefficient (Wildman–Crippen LogP) is 3.87. The Balaban J connectivity index is 0.00000289. The van der Waals surface area contributed by atoms with Gasteiger partial charge in [0.2, 0.25) is 0 Å². The van der Waals surface area contributed by atoms with Gasteiger partial charge in [0.25, 0.3) is 0 Å². The fourth-order valence-corrected chi connectivity index (χ4v) is 4.04. The molecule has 10 heteroatoms. The van der Waals surface area contributed by atoms with Crippen molar-refractivity contribution in [2.45, 2.75) is 26.0 Å². The molecule has 0 bridgehead atoms. The summed E-state index contributed by atoms with van der Waals surface area (Å²) in [4.78, 5) is 9.22. The second kappa shape index (κ2) is 10.5. The van der Waals surface area contributed by atoms with Crippen LogP contribution in [0.5, 0.6) is 0 Å². The summed E-state index contributed by atoms with van der Waals surface area (Å²) in [5.41, 5.74) is 0.637. The van der Waals surface area contributed by atoms with E-state index in [9.17, 15) is 5.11 Å². The Morgan fingerprint density at radius 2 is 2.06 bits per heavy atom. The van der Waals surface area contributed by atoms with Gasteiger partial charge in [-0.2, -0.15) is 5.10 Å². The van der Waals surface area contributed by atoms with E-state index in [1.54, 1.807) is 35.3 Å². The summed E-state index contributed by atoms with van der Waals surface area (Å²) >= 11 is 1.61. The Morgan fingerprint density at radius 3 is 2.78 bits per heavy atom. The lowest BCUT2D eigenvalue weighted by Crippen LogP contribution is -2.44. The number of guanidine groups is 1. The molecule has 0 radical (unpaired) electrons. The molecule has 3 heterocycles. The van der Waals surface area contributed by atoms with Gasteiger partial charge in [-0.05, 0) is 38.1 Å². The minimum atomic E-state index is -1.07. The van der Waals surface area contributed by atoms with Crippen LogP contribution in [0.2, 0.25) is 0 Å². The van der Waals surface area contributed by atoms with Gasteiger partial charge < -0.3 is 20.2 Å². The van der Waals surface area contributed by atoms with Crippen molar-refractivity contribution in [2.75, 3.05) is 13.1 Å². The van der Waals surface area contributed by atoms with E-state index in [1.165, 1.54) is 0 Å². The number of nitrogens with zero attached hydrogens (tertiary/aromatic N) is 4. The van der Waals surface area contributed by atoms with Gasteiger partial charge in [0, 0.05) is 25.4 Å². The van der Waals surface area contributed by atoms with E-state index in [0.717, 1.165) is 32.3 Å². The van der Waals surface area contributed by atoms with Gasteiger partial charge in [-0.15, -0.1) is 35.3 Å². The lowest BCUT2D eigenvalue weighted by molar-refractivity contribution is 0.0616. The monoisotopic (exact) mass is 566 g/mol. The molecule has 0 saturated heterocycles. The number of hydrogen-bond acceptors (Lipinski definition) is 6. The summed E-state index contributed by atoms with van der Waals surface area (Å²) in [7, 11) is 1.82. The molecular weight excluding hydrogens is 539 g/mol. The molecule has 1 unspecified atom stereocenters. The number of aliphatic hydroxyl groups is 1. The molecule has 1 aromatic carbocycles. The molecule has 0 saturated carbocycles. The van der Waals surface area contributed by atoms with E-state index < -0.39 is 5.60 Å². The molecule has 0 fully saturated rings. The van der Waals surface area contributed by atoms with Gasteiger partial charge in [-0.3, -0.25) is 4.68 Å². The molecule has 0 amide bonds. The molecule has 4 rings (SSSR count). The smallest absolute Gasteiger partial charge is 0.191 e. The van der Waals surface area contributed by atoms with Gasteiger partial charge in [0.15, 0.2) is 16.7 Å². The predicted molar refractivity (Wildman–Crippen MR) is 138 cm³/mol. The van der Waals surface area contributed by atoms with Crippen LogP contribution in [0.15, 0.2) is 58.2 Å². The Hall–Kier alpha value is -2.44. The Labute approximate surface area is 207 Å². The Bertz CT molecular complexity index is 1160. The van der Waals surface area contributed by atoms with Crippen LogP contribution in [0.4, 0.5) is 0 Å². The summed E-state index contributed by atoms with van der Waals surface area (Å²) in [6.07, 6.45) is 3.47. The molecule has 3 N–H and O–H groups in total. The third-order valence-electron chi connectivity index (χ3n) is 4.83. The highest BCUT2D eigenvalue weighted by Gasteiger charge is 2.25. The number of furan rings is 1. The van der Waals surface area contributed by atoms with Crippen LogP contribution in [-0.2, 0) is 19.2 Å². The first-order valence-electron chi connectivity index (χ1n) is 10.1. The highest BCUT2D eigenvalue weighted by Crippen LogP contribution is 2.31. The van der Waals surface area contributed by atoms with Gasteiger partial charge in [-0.1, -0.05) is 12.1 Å². The zero-order valence-electron chi connectivity index (χ0n) is 18.2. The molecule has 32 heavy (non-hydrogen) atoms. The average Bonchev–Trinajstić information content (AvgIpc) is 3.48. The zero-order valence-corrected chi connectivity index (χ0v) is 21.3. The summed E-state index contributed by atoms with van der Waals surface area (Å²) < 4.78 is 8.77. The third-order valence-corrected chi connectivity index (χ3v) is 5.88. The molecule has 3 aromatic heterocycles. The summed E-state index contributed by atoms with van der Waals surface area (Å²) in [6.45, 7) is 5.11. The molecule has 1 atom stereocenters.